The first-order valence-corrected chi connectivity index (χ1v) is 13.2. The lowest BCUT2D eigenvalue weighted by molar-refractivity contribution is 0.0365. The average Bonchev–Trinajstić information content (AvgIpc) is 3.69. The molecule has 4 rings (SSSR count). The molecule has 0 bridgehead atoms. The molecule has 0 spiro atoms. The van der Waals surface area contributed by atoms with E-state index in [2.05, 4.69) is 26.1 Å². The number of benzene rings is 1. The van der Waals surface area contributed by atoms with Gasteiger partial charge in [-0.1, -0.05) is 6.07 Å². The quantitative estimate of drug-likeness (QED) is 0.273. The van der Waals surface area contributed by atoms with Crippen molar-refractivity contribution in [3.05, 3.63) is 65.9 Å². The van der Waals surface area contributed by atoms with E-state index in [0.29, 0.717) is 34.5 Å². The van der Waals surface area contributed by atoms with E-state index in [-0.39, 0.29) is 12.2 Å². The lowest BCUT2D eigenvalue weighted by Crippen LogP contribution is -2.26. The van der Waals surface area contributed by atoms with Gasteiger partial charge < -0.3 is 10.6 Å². The number of sulfonamides is 1. The fourth-order valence-corrected chi connectivity index (χ4v) is 4.02. The summed E-state index contributed by atoms with van der Waals surface area (Å²) in [6, 6.07) is 9.90. The van der Waals surface area contributed by atoms with Crippen LogP contribution in [0, 0.1) is 5.95 Å². The summed E-state index contributed by atoms with van der Waals surface area (Å²) in [6.07, 6.45) is 5.93. The monoisotopic (exact) mass is 514 g/mol. The van der Waals surface area contributed by atoms with Crippen LogP contribution in [-0.2, 0) is 14.9 Å². The molecule has 2 aromatic heterocycles. The molecule has 1 fully saturated rings. The molecule has 36 heavy (non-hydrogen) atoms. The summed E-state index contributed by atoms with van der Waals surface area (Å²) in [5.41, 5.74) is 5.35. The third kappa shape index (κ3) is 6.07. The van der Waals surface area contributed by atoms with Gasteiger partial charge in [0.05, 0.1) is 47.4 Å². The summed E-state index contributed by atoms with van der Waals surface area (Å²) in [6.45, 7) is 2.00. The summed E-state index contributed by atoms with van der Waals surface area (Å²) in [5.74, 6) is -0.378. The van der Waals surface area contributed by atoms with Crippen molar-refractivity contribution in [3.63, 3.8) is 0 Å². The number of carbonyl (C=O) groups excluding carboxylic acids is 1. The van der Waals surface area contributed by atoms with E-state index < -0.39 is 21.9 Å². The Bertz CT molecular complexity index is 1360. The van der Waals surface area contributed by atoms with Crippen LogP contribution in [0.25, 0.3) is 0 Å². The van der Waals surface area contributed by atoms with E-state index in [1.807, 2.05) is 12.1 Å². The highest BCUT2D eigenvalue weighted by molar-refractivity contribution is 7.92. The van der Waals surface area contributed by atoms with Crippen LogP contribution in [0.3, 0.4) is 0 Å². The Kier molecular flexibility index (Phi) is 7.36. The van der Waals surface area contributed by atoms with Gasteiger partial charge in [-0.05, 0) is 55.5 Å². The van der Waals surface area contributed by atoms with Crippen LogP contribution in [-0.4, -0.2) is 44.2 Å². The van der Waals surface area contributed by atoms with Crippen molar-refractivity contribution in [3.8, 4) is 0 Å². The molecule has 0 unspecified atom stereocenters. The molecule has 1 amide bonds. The summed E-state index contributed by atoms with van der Waals surface area (Å²) in [4.78, 5) is 25.7. The average molecular weight is 515 g/mol. The molecular weight excluding hydrogens is 487 g/mol. The lowest BCUT2D eigenvalue weighted by atomic mass is 10.1. The number of nitrogens with one attached hydrogen (secondary N) is 3. The van der Waals surface area contributed by atoms with Crippen LogP contribution in [0.5, 0.6) is 0 Å². The number of pyridine rings is 2. The SMILES string of the molecule is CCONC(=O)c1cnc(Nc2ccc(F)nc2)cc1Nc1ccc(C2CC2)cc1N(C)S(C)(=O)=O. The second kappa shape index (κ2) is 10.5. The summed E-state index contributed by atoms with van der Waals surface area (Å²) in [7, 11) is -2.07. The second-order valence-electron chi connectivity index (χ2n) is 8.38. The molecule has 0 radical (unpaired) electrons. The summed E-state index contributed by atoms with van der Waals surface area (Å²) in [5, 5.41) is 6.21. The first kappa shape index (κ1) is 25.3. The predicted octanol–water partition coefficient (Wildman–Crippen LogP) is 4.06. The maximum atomic E-state index is 13.2. The Hall–Kier alpha value is -3.77. The fourth-order valence-electron chi connectivity index (χ4n) is 3.51. The molecule has 1 aromatic carbocycles. The minimum Gasteiger partial charge on any atom is -0.353 e. The molecule has 190 valence electrons. The first-order chi connectivity index (χ1) is 17.2. The van der Waals surface area contributed by atoms with Gasteiger partial charge in [0, 0.05) is 19.3 Å². The fraction of sp³-hybridized carbons (Fsp3) is 0.292. The van der Waals surface area contributed by atoms with Gasteiger partial charge in [0.1, 0.15) is 5.82 Å². The van der Waals surface area contributed by atoms with Gasteiger partial charge in [0.15, 0.2) is 0 Å². The number of rotatable bonds is 10. The molecule has 3 N–H and O–H groups in total. The minimum atomic E-state index is -3.55. The molecule has 0 saturated heterocycles. The van der Waals surface area contributed by atoms with Crippen LogP contribution in [0.4, 0.5) is 33.0 Å². The number of hydroxylamine groups is 1. The van der Waals surface area contributed by atoms with Crippen molar-refractivity contribution in [1.29, 1.82) is 0 Å². The first-order valence-electron chi connectivity index (χ1n) is 11.3. The highest BCUT2D eigenvalue weighted by Crippen LogP contribution is 2.43. The summed E-state index contributed by atoms with van der Waals surface area (Å²) < 4.78 is 39.1. The third-order valence-electron chi connectivity index (χ3n) is 5.63. The Balaban J connectivity index is 1.73. The molecule has 12 heteroatoms. The molecule has 10 nitrogen and oxygen atoms in total. The molecule has 0 aliphatic heterocycles. The van der Waals surface area contributed by atoms with Gasteiger partial charge in [0.2, 0.25) is 16.0 Å². The smallest absolute Gasteiger partial charge is 0.278 e. The second-order valence-corrected chi connectivity index (χ2v) is 10.4. The molecule has 3 aromatic rings. The number of amides is 1. The Morgan fingerprint density at radius 3 is 2.53 bits per heavy atom. The Morgan fingerprint density at radius 1 is 1.11 bits per heavy atom. The standard InChI is InChI=1S/C24H27FN6O4S/c1-4-35-30-24(32)18-14-27-23(28-17-8-10-22(25)26-13-17)12-20(18)29-19-9-7-16(15-5-6-15)11-21(19)31(2)36(3,33)34/h7-15H,4-6H2,1-3H3,(H,30,32)(H2,27,28,29). The van der Waals surface area contributed by atoms with E-state index in [9.17, 15) is 17.6 Å². The number of halogens is 1. The van der Waals surface area contributed by atoms with Gasteiger partial charge in [-0.25, -0.2) is 23.9 Å². The Morgan fingerprint density at radius 2 is 1.89 bits per heavy atom. The van der Waals surface area contributed by atoms with Crippen molar-refractivity contribution >= 4 is 44.5 Å². The van der Waals surface area contributed by atoms with Gasteiger partial charge in [-0.3, -0.25) is 13.9 Å². The van der Waals surface area contributed by atoms with Gasteiger partial charge in [-0.2, -0.15) is 4.39 Å². The Labute approximate surface area is 208 Å². The number of aromatic nitrogens is 2. The zero-order chi connectivity index (χ0) is 25.9. The van der Waals surface area contributed by atoms with Gasteiger partial charge in [0.25, 0.3) is 5.91 Å². The van der Waals surface area contributed by atoms with Crippen LogP contribution in [0.15, 0.2) is 48.8 Å². The highest BCUT2D eigenvalue weighted by atomic mass is 32.2. The van der Waals surface area contributed by atoms with Crippen molar-refractivity contribution < 1.29 is 22.4 Å². The number of nitrogens with zero attached hydrogens (tertiary/aromatic N) is 3. The zero-order valence-electron chi connectivity index (χ0n) is 20.1. The highest BCUT2D eigenvalue weighted by Gasteiger charge is 2.26. The van der Waals surface area contributed by atoms with Crippen molar-refractivity contribution in [2.24, 2.45) is 0 Å². The maximum absolute atomic E-state index is 13.2. The van der Waals surface area contributed by atoms with Gasteiger partial charge in [-0.15, -0.1) is 0 Å². The van der Waals surface area contributed by atoms with Gasteiger partial charge >= 0.3 is 0 Å². The molecule has 0 atom stereocenters. The number of anilines is 5. The van der Waals surface area contributed by atoms with E-state index in [1.165, 1.54) is 35.9 Å². The molecule has 1 aliphatic rings. The van der Waals surface area contributed by atoms with Crippen LogP contribution in [0.1, 0.15) is 41.6 Å². The lowest BCUT2D eigenvalue weighted by Gasteiger charge is -2.23. The van der Waals surface area contributed by atoms with E-state index >= 15 is 0 Å². The number of hydrogen-bond donors (Lipinski definition) is 3. The van der Waals surface area contributed by atoms with Crippen LogP contribution < -0.4 is 20.4 Å². The van der Waals surface area contributed by atoms with Crippen molar-refractivity contribution in [2.45, 2.75) is 25.7 Å². The third-order valence-corrected chi connectivity index (χ3v) is 6.83. The summed E-state index contributed by atoms with van der Waals surface area (Å²) >= 11 is 0. The van der Waals surface area contributed by atoms with E-state index in [0.717, 1.165) is 24.7 Å². The van der Waals surface area contributed by atoms with Crippen LogP contribution in [0.2, 0.25) is 0 Å². The minimum absolute atomic E-state index is 0.172. The van der Waals surface area contributed by atoms with E-state index in [4.69, 9.17) is 4.84 Å². The predicted molar refractivity (Wildman–Crippen MR) is 136 cm³/mol. The molecule has 1 aliphatic carbocycles. The normalized spacial score (nSPS) is 13.2. The van der Waals surface area contributed by atoms with Crippen molar-refractivity contribution in [2.75, 3.05) is 34.8 Å². The molecule has 2 heterocycles. The number of hydrogen-bond acceptors (Lipinski definition) is 8. The molecular formula is C24H27FN6O4S. The largest absolute Gasteiger partial charge is 0.353 e. The van der Waals surface area contributed by atoms with E-state index in [1.54, 1.807) is 19.1 Å². The van der Waals surface area contributed by atoms with Crippen molar-refractivity contribution in [1.82, 2.24) is 15.4 Å². The van der Waals surface area contributed by atoms with Crippen LogP contribution >= 0.6 is 0 Å². The topological polar surface area (TPSA) is 126 Å². The zero-order valence-corrected chi connectivity index (χ0v) is 20.9. The maximum Gasteiger partial charge on any atom is 0.278 e. The molecule has 1 saturated carbocycles. The number of carbonyl (C=O) groups is 1.